The van der Waals surface area contributed by atoms with Gasteiger partial charge in [-0.05, 0) is 0 Å². The molecule has 0 aromatic carbocycles. The minimum absolute atomic E-state index is 0.210. The van der Waals surface area contributed by atoms with Crippen molar-refractivity contribution in [2.45, 2.75) is 141 Å². The van der Waals surface area contributed by atoms with Crippen LogP contribution in [-0.2, 0) is 42.1 Å². The summed E-state index contributed by atoms with van der Waals surface area (Å²) in [6.07, 6.45) is 16.8. The number of hydrogen-bond donors (Lipinski definition) is 0. The van der Waals surface area contributed by atoms with Crippen molar-refractivity contribution in [3.63, 3.8) is 0 Å². The summed E-state index contributed by atoms with van der Waals surface area (Å²) in [5.41, 5.74) is 5.06. The van der Waals surface area contributed by atoms with Crippen LogP contribution in [0.2, 0.25) is 4.22 Å². The molecule has 2 atom stereocenters. The first-order valence-electron chi connectivity index (χ1n) is 16.4. The maximum absolute atomic E-state index is 13.9. The molecule has 5 aliphatic carbocycles. The molecule has 0 amide bonds. The number of rotatable bonds is 7. The predicted octanol–water partition coefficient (Wildman–Crippen LogP) is 8.51. The topological polar surface area (TPSA) is 78.9 Å². The van der Waals surface area contributed by atoms with Crippen molar-refractivity contribution >= 4 is 17.9 Å². The van der Waals surface area contributed by atoms with E-state index in [9.17, 15) is 14.4 Å². The first-order chi connectivity index (χ1) is 19.3. The molecule has 0 radical (unpaired) electrons. The SMILES string of the molecule is CC1=C(C)C(C)C2=C1[CH]([Ti]([O]C(=O)C1CCCCC1)([O]C(=O)C1CCCCC1)[O]C(=O)C1CCCCC1)CCC2. The van der Waals surface area contributed by atoms with Crippen molar-refractivity contribution in [2.75, 3.05) is 0 Å². The van der Waals surface area contributed by atoms with E-state index in [1.807, 2.05) is 0 Å². The van der Waals surface area contributed by atoms with Crippen LogP contribution in [0.1, 0.15) is 136 Å². The molecule has 0 bridgehead atoms. The van der Waals surface area contributed by atoms with Gasteiger partial charge in [0.1, 0.15) is 0 Å². The van der Waals surface area contributed by atoms with Crippen molar-refractivity contribution in [1.29, 1.82) is 0 Å². The first kappa shape index (κ1) is 30.1. The zero-order valence-electron chi connectivity index (χ0n) is 25.1. The van der Waals surface area contributed by atoms with Crippen LogP contribution in [0.3, 0.4) is 0 Å². The van der Waals surface area contributed by atoms with Crippen molar-refractivity contribution in [2.24, 2.45) is 23.7 Å². The zero-order chi connectivity index (χ0) is 28.3. The summed E-state index contributed by atoms with van der Waals surface area (Å²) in [6.45, 7) is 6.57. The second-order valence-electron chi connectivity index (χ2n) is 13.3. The van der Waals surface area contributed by atoms with Crippen LogP contribution < -0.4 is 0 Å². The van der Waals surface area contributed by atoms with Crippen LogP contribution in [-0.4, -0.2) is 17.9 Å². The van der Waals surface area contributed by atoms with Gasteiger partial charge in [-0.1, -0.05) is 0 Å². The molecule has 7 heteroatoms. The Morgan fingerprint density at radius 3 is 1.40 bits per heavy atom. The summed E-state index contributed by atoms with van der Waals surface area (Å²) in [7, 11) is 0. The molecule has 6 nitrogen and oxygen atoms in total. The summed E-state index contributed by atoms with van der Waals surface area (Å²) in [5.74, 6) is -1.22. The van der Waals surface area contributed by atoms with Crippen molar-refractivity contribution < 1.29 is 42.1 Å². The molecule has 5 aliphatic rings. The molecule has 40 heavy (non-hydrogen) atoms. The second-order valence-corrected chi connectivity index (χ2v) is 17.2. The molecule has 0 aliphatic heterocycles. The van der Waals surface area contributed by atoms with Crippen LogP contribution in [0.4, 0.5) is 0 Å². The molecule has 0 spiro atoms. The number of carbonyl (C=O) groups is 3. The Bertz CT molecular complexity index is 947. The van der Waals surface area contributed by atoms with Crippen LogP contribution >= 0.6 is 0 Å². The van der Waals surface area contributed by atoms with E-state index in [2.05, 4.69) is 20.8 Å². The van der Waals surface area contributed by atoms with E-state index in [1.54, 1.807) is 0 Å². The Morgan fingerprint density at radius 2 is 1.00 bits per heavy atom. The summed E-state index contributed by atoms with van der Waals surface area (Å²) < 4.78 is 19.4. The Labute approximate surface area is 245 Å². The van der Waals surface area contributed by atoms with E-state index in [0.717, 1.165) is 116 Å². The van der Waals surface area contributed by atoms with Gasteiger partial charge in [0, 0.05) is 0 Å². The van der Waals surface area contributed by atoms with Gasteiger partial charge in [0.05, 0.1) is 0 Å². The molecule has 0 heterocycles. The fourth-order valence-electron chi connectivity index (χ4n) is 8.06. The van der Waals surface area contributed by atoms with E-state index >= 15 is 0 Å². The van der Waals surface area contributed by atoms with Crippen LogP contribution in [0.5, 0.6) is 0 Å². The van der Waals surface area contributed by atoms with Crippen molar-refractivity contribution in [3.05, 3.63) is 22.3 Å². The molecule has 5 rings (SSSR count). The van der Waals surface area contributed by atoms with Crippen molar-refractivity contribution in [3.8, 4) is 0 Å². The third-order valence-corrected chi connectivity index (χ3v) is 15.3. The third kappa shape index (κ3) is 6.33. The molecule has 0 N–H and O–H groups in total. The fraction of sp³-hybridized carbons (Fsp3) is 0.788. The van der Waals surface area contributed by atoms with Crippen LogP contribution in [0.15, 0.2) is 22.3 Å². The number of hydrogen-bond acceptors (Lipinski definition) is 6. The normalized spacial score (nSPS) is 27.4. The van der Waals surface area contributed by atoms with Crippen LogP contribution in [0.25, 0.3) is 0 Å². The Hall–Kier alpha value is -1.40. The predicted molar refractivity (Wildman–Crippen MR) is 150 cm³/mol. The second kappa shape index (κ2) is 13.3. The van der Waals surface area contributed by atoms with Gasteiger partial charge >= 0.3 is 247 Å². The minimum atomic E-state index is -4.90. The maximum atomic E-state index is 13.9. The van der Waals surface area contributed by atoms with Crippen molar-refractivity contribution in [1.82, 2.24) is 0 Å². The van der Waals surface area contributed by atoms with Gasteiger partial charge in [0.2, 0.25) is 0 Å². The summed E-state index contributed by atoms with van der Waals surface area (Å²) in [4.78, 5) is 41.7. The number of allylic oxidation sites excluding steroid dienone is 4. The molecule has 0 aromatic rings. The Kier molecular flexibility index (Phi) is 9.98. The molecule has 3 saturated carbocycles. The standard InChI is InChI=1S/C12H17.3C7H12O2.Ti/c1-8-9(2)11-6-4-5-7-12(11)10(8)3;3*8-7(9)6-4-2-1-3-5-6;/h6,10H,4-5,7H2,1-3H3;3*6H,1-5H2,(H,8,9);/q;;;;+3/p-3. The van der Waals surface area contributed by atoms with Gasteiger partial charge in [0.15, 0.2) is 0 Å². The quantitative estimate of drug-likeness (QED) is 0.277. The zero-order valence-corrected chi connectivity index (χ0v) is 26.6. The summed E-state index contributed by atoms with van der Waals surface area (Å²) in [5, 5.41) is 0. The van der Waals surface area contributed by atoms with E-state index < -0.39 is 17.8 Å². The average Bonchev–Trinajstić information content (AvgIpc) is 3.22. The first-order valence-corrected chi connectivity index (χ1v) is 19.2. The van der Waals surface area contributed by atoms with Gasteiger partial charge in [-0.2, -0.15) is 0 Å². The van der Waals surface area contributed by atoms with Gasteiger partial charge < -0.3 is 0 Å². The molecule has 0 saturated heterocycles. The molecule has 222 valence electrons. The molecular formula is C33H50O6Ti. The fourth-order valence-corrected chi connectivity index (χ4v) is 13.1. The number of carbonyl (C=O) groups excluding carboxylic acids is 3. The third-order valence-electron chi connectivity index (χ3n) is 10.8. The summed E-state index contributed by atoms with van der Waals surface area (Å²) >= 11 is -4.90. The van der Waals surface area contributed by atoms with Gasteiger partial charge in [-0.25, -0.2) is 0 Å². The molecule has 0 aromatic heterocycles. The summed E-state index contributed by atoms with van der Waals surface area (Å²) in [6, 6.07) is 0. The van der Waals surface area contributed by atoms with Gasteiger partial charge in [-0.15, -0.1) is 0 Å². The molecular weight excluding hydrogens is 540 g/mol. The molecule has 3 fully saturated rings. The average molecular weight is 591 g/mol. The van der Waals surface area contributed by atoms with Gasteiger partial charge in [0.25, 0.3) is 0 Å². The van der Waals surface area contributed by atoms with E-state index in [4.69, 9.17) is 9.96 Å². The van der Waals surface area contributed by atoms with Crippen LogP contribution in [0, 0.1) is 23.7 Å². The van der Waals surface area contributed by atoms with E-state index in [-0.39, 0.29) is 39.9 Å². The molecule has 2 unspecified atom stereocenters. The van der Waals surface area contributed by atoms with E-state index in [1.165, 1.54) is 22.3 Å². The van der Waals surface area contributed by atoms with Gasteiger partial charge in [-0.3, -0.25) is 0 Å². The van der Waals surface area contributed by atoms with E-state index in [0.29, 0.717) is 5.92 Å². The monoisotopic (exact) mass is 590 g/mol. The Morgan fingerprint density at radius 1 is 0.600 bits per heavy atom. The Balaban J connectivity index is 1.56.